The molecule has 0 fully saturated rings. The molecule has 0 atom stereocenters. The van der Waals surface area contributed by atoms with Crippen LogP contribution in [0.25, 0.3) is 0 Å². The van der Waals surface area contributed by atoms with E-state index in [4.69, 9.17) is 5.41 Å². The van der Waals surface area contributed by atoms with Crippen LogP contribution in [0.5, 0.6) is 0 Å². The van der Waals surface area contributed by atoms with Crippen molar-refractivity contribution in [2.24, 2.45) is 4.99 Å². The van der Waals surface area contributed by atoms with Crippen LogP contribution in [0.4, 0.5) is 0 Å². The molecule has 0 aromatic heterocycles. The first kappa shape index (κ1) is 13.6. The predicted molar refractivity (Wildman–Crippen MR) is 83.7 cm³/mol. The van der Waals surface area contributed by atoms with Crippen molar-refractivity contribution in [1.82, 2.24) is 5.32 Å². The predicted octanol–water partition coefficient (Wildman–Crippen LogP) is 3.49. The number of benzene rings is 1. The monoisotopic (exact) mass is 271 g/mol. The van der Waals surface area contributed by atoms with Gasteiger partial charge in [-0.05, 0) is 23.6 Å². The highest BCUT2D eigenvalue weighted by molar-refractivity contribution is 8.03. The molecule has 3 nitrogen and oxygen atoms in total. The van der Waals surface area contributed by atoms with Gasteiger partial charge in [-0.1, -0.05) is 31.2 Å². The number of hydrogen-bond donors (Lipinski definition) is 2. The molecule has 1 aromatic rings. The Kier molecular flexibility index (Phi) is 4.98. The zero-order chi connectivity index (χ0) is 13.5. The Morgan fingerprint density at radius 3 is 2.58 bits per heavy atom. The van der Waals surface area contributed by atoms with Crippen LogP contribution < -0.4 is 5.32 Å². The van der Waals surface area contributed by atoms with Gasteiger partial charge in [0.05, 0.1) is 0 Å². The van der Waals surface area contributed by atoms with Crippen molar-refractivity contribution in [2.75, 3.05) is 0 Å². The Hall–Kier alpha value is -1.81. The molecule has 1 aromatic carbocycles. The molecule has 1 aliphatic heterocycles. The highest BCUT2D eigenvalue weighted by Crippen LogP contribution is 2.21. The average Bonchev–Trinajstić information content (AvgIpc) is 2.47. The van der Waals surface area contributed by atoms with Crippen LogP contribution in [0.3, 0.4) is 0 Å². The van der Waals surface area contributed by atoms with E-state index in [0.29, 0.717) is 5.82 Å². The Bertz CT molecular complexity index is 527. The third kappa shape index (κ3) is 4.10. The van der Waals surface area contributed by atoms with Crippen LogP contribution in [0.15, 0.2) is 52.3 Å². The normalized spacial score (nSPS) is 16.1. The minimum atomic E-state index is 0.701. The fourth-order valence-electron chi connectivity index (χ4n) is 1.64. The van der Waals surface area contributed by atoms with Crippen molar-refractivity contribution in [3.63, 3.8) is 0 Å². The summed E-state index contributed by atoms with van der Waals surface area (Å²) < 4.78 is 0. The van der Waals surface area contributed by atoms with Gasteiger partial charge in [-0.2, -0.15) is 0 Å². The lowest BCUT2D eigenvalue weighted by Gasteiger charge is -2.10. The Morgan fingerprint density at radius 1 is 1.26 bits per heavy atom. The first-order valence-electron chi connectivity index (χ1n) is 6.24. The molecule has 0 amide bonds. The van der Waals surface area contributed by atoms with Crippen LogP contribution in [-0.4, -0.2) is 12.4 Å². The van der Waals surface area contributed by atoms with Crippen molar-refractivity contribution in [1.29, 1.82) is 5.41 Å². The van der Waals surface area contributed by atoms with Crippen LogP contribution in [0.1, 0.15) is 18.1 Å². The van der Waals surface area contributed by atoms with Gasteiger partial charge in [-0.15, -0.1) is 11.8 Å². The zero-order valence-corrected chi connectivity index (χ0v) is 11.7. The van der Waals surface area contributed by atoms with Crippen LogP contribution >= 0.6 is 11.8 Å². The molecule has 0 spiro atoms. The molecular formula is C15H17N3S. The molecule has 0 radical (unpaired) electrons. The quantitative estimate of drug-likeness (QED) is 0.805. The molecule has 19 heavy (non-hydrogen) atoms. The SMILES string of the molecule is CCc1ccc(CSC2=CN/C(=C\C=N)N=C2)cc1. The van der Waals surface area contributed by atoms with E-state index in [1.807, 2.05) is 12.4 Å². The number of aryl methyl sites for hydroxylation is 1. The van der Waals surface area contributed by atoms with Crippen molar-refractivity contribution < 1.29 is 0 Å². The summed E-state index contributed by atoms with van der Waals surface area (Å²) in [6.45, 7) is 2.16. The van der Waals surface area contributed by atoms with Gasteiger partial charge in [0.1, 0.15) is 5.82 Å². The maximum Gasteiger partial charge on any atom is 0.131 e. The molecular weight excluding hydrogens is 254 g/mol. The fourth-order valence-corrected chi connectivity index (χ4v) is 2.43. The molecule has 0 aliphatic carbocycles. The molecule has 4 heteroatoms. The van der Waals surface area contributed by atoms with E-state index in [9.17, 15) is 0 Å². The van der Waals surface area contributed by atoms with Crippen molar-refractivity contribution >= 4 is 24.2 Å². The van der Waals surface area contributed by atoms with Gasteiger partial charge in [-0.25, -0.2) is 4.99 Å². The summed E-state index contributed by atoms with van der Waals surface area (Å²) in [6.07, 6.45) is 7.68. The van der Waals surface area contributed by atoms with E-state index in [-0.39, 0.29) is 0 Å². The van der Waals surface area contributed by atoms with Gasteiger partial charge in [0.25, 0.3) is 0 Å². The topological polar surface area (TPSA) is 48.2 Å². The van der Waals surface area contributed by atoms with E-state index in [1.54, 1.807) is 17.8 Å². The fraction of sp³-hybridized carbons (Fsp3) is 0.200. The van der Waals surface area contributed by atoms with Gasteiger partial charge >= 0.3 is 0 Å². The standard InChI is InChI=1S/C15H17N3S/c1-2-12-3-5-13(6-4-12)11-19-14-9-17-15(7-8-16)18-10-14/h3-10,16-17H,2,11H2,1H3/b15-7+,16-8?. The van der Waals surface area contributed by atoms with Gasteiger partial charge < -0.3 is 10.7 Å². The van der Waals surface area contributed by atoms with E-state index >= 15 is 0 Å². The minimum absolute atomic E-state index is 0.701. The smallest absolute Gasteiger partial charge is 0.131 e. The average molecular weight is 271 g/mol. The summed E-state index contributed by atoms with van der Waals surface area (Å²) >= 11 is 1.75. The summed E-state index contributed by atoms with van der Waals surface area (Å²) in [6, 6.07) is 8.73. The summed E-state index contributed by atoms with van der Waals surface area (Å²) in [5.74, 6) is 1.64. The number of hydrogen-bond acceptors (Lipinski definition) is 4. The summed E-state index contributed by atoms with van der Waals surface area (Å²) in [4.78, 5) is 5.32. The molecule has 0 saturated carbocycles. The van der Waals surface area contributed by atoms with Crippen LogP contribution in [-0.2, 0) is 12.2 Å². The maximum atomic E-state index is 6.97. The van der Waals surface area contributed by atoms with Gasteiger partial charge in [0.15, 0.2) is 0 Å². The number of allylic oxidation sites excluding steroid dienone is 2. The molecule has 0 unspecified atom stereocenters. The summed E-state index contributed by atoms with van der Waals surface area (Å²) in [5.41, 5.74) is 2.69. The van der Waals surface area contributed by atoms with E-state index in [1.165, 1.54) is 17.3 Å². The Morgan fingerprint density at radius 2 is 2.00 bits per heavy atom. The highest BCUT2D eigenvalue weighted by atomic mass is 32.2. The maximum absolute atomic E-state index is 6.97. The van der Waals surface area contributed by atoms with Crippen LogP contribution in [0.2, 0.25) is 0 Å². The second-order valence-corrected chi connectivity index (χ2v) is 5.18. The molecule has 1 aliphatic rings. The number of rotatable bonds is 5. The molecule has 0 bridgehead atoms. The number of nitrogens with zero attached hydrogens (tertiary/aromatic N) is 1. The zero-order valence-electron chi connectivity index (χ0n) is 10.9. The first-order valence-corrected chi connectivity index (χ1v) is 7.22. The number of aliphatic imine (C=N–C) groups is 1. The molecule has 1 heterocycles. The summed E-state index contributed by atoms with van der Waals surface area (Å²) in [7, 11) is 0. The molecule has 2 N–H and O–H groups in total. The third-order valence-corrected chi connectivity index (χ3v) is 3.81. The lowest BCUT2D eigenvalue weighted by molar-refractivity contribution is 1.02. The van der Waals surface area contributed by atoms with Gasteiger partial charge in [0, 0.05) is 29.3 Å². The van der Waals surface area contributed by atoms with E-state index in [0.717, 1.165) is 17.1 Å². The number of thioether (sulfide) groups is 1. The third-order valence-electron chi connectivity index (χ3n) is 2.77. The minimum Gasteiger partial charge on any atom is -0.345 e. The second-order valence-electron chi connectivity index (χ2n) is 4.13. The second kappa shape index (κ2) is 6.95. The molecule has 0 saturated heterocycles. The number of nitrogens with one attached hydrogen (secondary N) is 2. The first-order chi connectivity index (χ1) is 9.31. The summed E-state index contributed by atoms with van der Waals surface area (Å²) in [5, 5.41) is 10.0. The van der Waals surface area contributed by atoms with E-state index < -0.39 is 0 Å². The van der Waals surface area contributed by atoms with E-state index in [2.05, 4.69) is 41.5 Å². The van der Waals surface area contributed by atoms with Gasteiger partial charge in [-0.3, -0.25) is 0 Å². The lowest BCUT2D eigenvalue weighted by atomic mass is 10.1. The lowest BCUT2D eigenvalue weighted by Crippen LogP contribution is -2.09. The molecule has 98 valence electrons. The van der Waals surface area contributed by atoms with Gasteiger partial charge in [0.2, 0.25) is 0 Å². The Labute approximate surface area is 118 Å². The van der Waals surface area contributed by atoms with Crippen LogP contribution in [0, 0.1) is 5.41 Å². The highest BCUT2D eigenvalue weighted by Gasteiger charge is 2.02. The van der Waals surface area contributed by atoms with Crippen molar-refractivity contribution in [3.05, 3.63) is 58.4 Å². The van der Waals surface area contributed by atoms with Crippen molar-refractivity contribution in [3.8, 4) is 0 Å². The van der Waals surface area contributed by atoms with Crippen molar-refractivity contribution in [2.45, 2.75) is 19.1 Å². The largest absolute Gasteiger partial charge is 0.345 e. The Balaban J connectivity index is 1.88. The molecule has 2 rings (SSSR count).